The van der Waals surface area contributed by atoms with Gasteiger partial charge >= 0.3 is 6.03 Å². The number of nitrogens with zero attached hydrogens (tertiary/aromatic N) is 1. The van der Waals surface area contributed by atoms with Crippen molar-refractivity contribution in [1.82, 2.24) is 5.32 Å². The average Bonchev–Trinajstić information content (AvgIpc) is 3.27. The van der Waals surface area contributed by atoms with Crippen molar-refractivity contribution >= 4 is 25.7 Å². The lowest BCUT2D eigenvalue weighted by atomic mass is 9.88. The van der Waals surface area contributed by atoms with Crippen LogP contribution >= 0.6 is 0 Å². The van der Waals surface area contributed by atoms with Crippen molar-refractivity contribution in [2.24, 2.45) is 0 Å². The third-order valence-corrected chi connectivity index (χ3v) is 13.1. The highest BCUT2D eigenvalue weighted by Gasteiger charge is 2.40. The Balaban J connectivity index is 1.35. The first-order valence-corrected chi connectivity index (χ1v) is 16.5. The van der Waals surface area contributed by atoms with E-state index in [1.54, 1.807) is 0 Å². The maximum Gasteiger partial charge on any atom is 0.319 e. The minimum Gasteiger partial charge on any atom is -0.414 e. The molecule has 36 heavy (non-hydrogen) atoms. The van der Waals surface area contributed by atoms with Gasteiger partial charge in [0, 0.05) is 37.6 Å². The molecule has 0 spiro atoms. The number of rotatable bonds is 6. The number of nitrogens with one attached hydrogen (secondary N) is 2. The zero-order chi connectivity index (χ0) is 26.1. The molecule has 2 aliphatic carbocycles. The van der Waals surface area contributed by atoms with E-state index in [1.165, 1.54) is 22.4 Å². The average molecular weight is 508 g/mol. The van der Waals surface area contributed by atoms with Crippen LogP contribution in [0.2, 0.25) is 18.1 Å². The van der Waals surface area contributed by atoms with E-state index in [9.17, 15) is 4.79 Å². The number of fused-ring (bicyclic) bond motifs is 1. The molecule has 2 aromatic rings. The molecule has 2 aliphatic rings. The minimum atomic E-state index is -1.83. The standard InChI is InChI=1S/C30H45N3O2Si/c1-30(2,3)36(6,7)35-26-18-14-22-9-8-10-28(27(22)20-26)32-29(34)31-24-15-11-23(19-24)21-12-16-25(17-13-21)33(4)5/h8-10,12-13,16-17,23-24,26H,11,14-15,18-20H2,1-7H3,(H2,31,32,34). The van der Waals surface area contributed by atoms with Crippen molar-refractivity contribution in [3.63, 3.8) is 0 Å². The lowest BCUT2D eigenvalue weighted by Gasteiger charge is -2.40. The summed E-state index contributed by atoms with van der Waals surface area (Å²) in [5, 5.41) is 6.63. The van der Waals surface area contributed by atoms with Crippen molar-refractivity contribution in [1.29, 1.82) is 0 Å². The first-order chi connectivity index (χ1) is 16.9. The third kappa shape index (κ3) is 6.14. The van der Waals surface area contributed by atoms with Gasteiger partial charge in [0.25, 0.3) is 0 Å². The smallest absolute Gasteiger partial charge is 0.319 e. The Labute approximate surface area is 219 Å². The van der Waals surface area contributed by atoms with Gasteiger partial charge in [0.2, 0.25) is 0 Å². The van der Waals surface area contributed by atoms with Gasteiger partial charge in [0.15, 0.2) is 8.32 Å². The number of hydrogen-bond acceptors (Lipinski definition) is 3. The molecule has 1 saturated carbocycles. The highest BCUT2D eigenvalue weighted by Crippen LogP contribution is 2.40. The number of urea groups is 1. The zero-order valence-corrected chi connectivity index (χ0v) is 24.3. The molecular weight excluding hydrogens is 462 g/mol. The van der Waals surface area contributed by atoms with Crippen molar-refractivity contribution in [3.05, 3.63) is 59.2 Å². The summed E-state index contributed by atoms with van der Waals surface area (Å²) in [6.45, 7) is 11.5. The van der Waals surface area contributed by atoms with Crippen LogP contribution in [0.3, 0.4) is 0 Å². The predicted molar refractivity (Wildman–Crippen MR) is 154 cm³/mol. The molecule has 0 heterocycles. The fourth-order valence-corrected chi connectivity index (χ4v) is 6.76. The molecule has 2 N–H and O–H groups in total. The summed E-state index contributed by atoms with van der Waals surface area (Å²) < 4.78 is 6.75. The fourth-order valence-electron chi connectivity index (χ4n) is 5.37. The molecule has 1 fully saturated rings. The van der Waals surface area contributed by atoms with E-state index in [2.05, 4.69) is 99.9 Å². The summed E-state index contributed by atoms with van der Waals surface area (Å²) in [7, 11) is 2.29. The van der Waals surface area contributed by atoms with Crippen LogP contribution in [0.25, 0.3) is 0 Å². The van der Waals surface area contributed by atoms with Crippen molar-refractivity contribution in [3.8, 4) is 0 Å². The molecule has 6 heteroatoms. The SMILES string of the molecule is CN(C)c1ccc(C2CCC(NC(=O)Nc3cccc4c3CC(O[Si](C)(C)C(C)(C)C)CC4)C2)cc1. The van der Waals surface area contributed by atoms with E-state index in [-0.39, 0.29) is 23.2 Å². The summed E-state index contributed by atoms with van der Waals surface area (Å²) in [6.07, 6.45) is 6.26. The van der Waals surface area contributed by atoms with Gasteiger partial charge in [0.1, 0.15) is 0 Å². The minimum absolute atomic E-state index is 0.0931. The maximum absolute atomic E-state index is 13.0. The van der Waals surface area contributed by atoms with Crippen LogP contribution in [0, 0.1) is 0 Å². The molecule has 3 unspecified atom stereocenters. The monoisotopic (exact) mass is 507 g/mol. The second-order valence-electron chi connectivity index (χ2n) is 12.5. The van der Waals surface area contributed by atoms with E-state index in [1.807, 2.05) is 6.07 Å². The van der Waals surface area contributed by atoms with Gasteiger partial charge in [-0.25, -0.2) is 4.79 Å². The molecule has 0 aromatic heterocycles. The molecule has 3 atom stereocenters. The van der Waals surface area contributed by atoms with Crippen LogP contribution < -0.4 is 15.5 Å². The summed E-state index contributed by atoms with van der Waals surface area (Å²) in [4.78, 5) is 15.1. The van der Waals surface area contributed by atoms with E-state index in [0.717, 1.165) is 44.2 Å². The number of aryl methyl sites for hydroxylation is 1. The highest BCUT2D eigenvalue weighted by atomic mass is 28.4. The number of carbonyl (C=O) groups is 1. The topological polar surface area (TPSA) is 53.6 Å². The lowest BCUT2D eigenvalue weighted by Crippen LogP contribution is -2.45. The van der Waals surface area contributed by atoms with E-state index in [4.69, 9.17) is 4.43 Å². The van der Waals surface area contributed by atoms with Crippen LogP contribution in [0.5, 0.6) is 0 Å². The van der Waals surface area contributed by atoms with Crippen LogP contribution in [0.1, 0.15) is 69.1 Å². The molecular formula is C30H45N3O2Si. The zero-order valence-electron chi connectivity index (χ0n) is 23.3. The van der Waals surface area contributed by atoms with Crippen LogP contribution in [-0.4, -0.2) is 40.6 Å². The number of amides is 2. The van der Waals surface area contributed by atoms with E-state index >= 15 is 0 Å². The molecule has 0 radical (unpaired) electrons. The Morgan fingerprint density at radius 2 is 1.75 bits per heavy atom. The Bertz CT molecular complexity index is 1060. The summed E-state index contributed by atoms with van der Waals surface area (Å²) in [5.74, 6) is 0.504. The lowest BCUT2D eigenvalue weighted by molar-refractivity contribution is 0.165. The molecule has 0 saturated heterocycles. The van der Waals surface area contributed by atoms with Gasteiger partial charge in [-0.05, 0) is 97.5 Å². The summed E-state index contributed by atoms with van der Waals surface area (Å²) >= 11 is 0. The van der Waals surface area contributed by atoms with Gasteiger partial charge in [0.05, 0.1) is 0 Å². The number of hydrogen-bond donors (Lipinski definition) is 2. The largest absolute Gasteiger partial charge is 0.414 e. The molecule has 5 nitrogen and oxygen atoms in total. The van der Waals surface area contributed by atoms with Crippen LogP contribution in [-0.2, 0) is 17.3 Å². The molecule has 196 valence electrons. The number of anilines is 2. The summed E-state index contributed by atoms with van der Waals surface area (Å²) in [5.41, 5.74) is 6.10. The van der Waals surface area contributed by atoms with Crippen LogP contribution in [0.4, 0.5) is 16.2 Å². The first-order valence-electron chi connectivity index (χ1n) is 13.6. The van der Waals surface area contributed by atoms with Crippen molar-refractivity contribution < 1.29 is 9.22 Å². The first kappa shape index (κ1) is 26.7. The quantitative estimate of drug-likeness (QED) is 0.410. The van der Waals surface area contributed by atoms with E-state index < -0.39 is 8.32 Å². The Hall–Kier alpha value is -2.31. The number of benzene rings is 2. The van der Waals surface area contributed by atoms with Crippen molar-refractivity contribution in [2.45, 2.75) is 95.5 Å². The maximum atomic E-state index is 13.0. The molecule has 2 amide bonds. The second-order valence-corrected chi connectivity index (χ2v) is 17.2. The Kier molecular flexibility index (Phi) is 7.86. The van der Waals surface area contributed by atoms with Gasteiger partial charge in [-0.3, -0.25) is 0 Å². The Morgan fingerprint density at radius 1 is 1.03 bits per heavy atom. The molecule has 0 aliphatic heterocycles. The van der Waals surface area contributed by atoms with Gasteiger partial charge in [-0.1, -0.05) is 45.0 Å². The predicted octanol–water partition coefficient (Wildman–Crippen LogP) is 7.09. The van der Waals surface area contributed by atoms with Gasteiger partial charge < -0.3 is 20.0 Å². The molecule has 0 bridgehead atoms. The fraction of sp³-hybridized carbons (Fsp3) is 0.567. The van der Waals surface area contributed by atoms with Gasteiger partial charge in [-0.15, -0.1) is 0 Å². The molecule has 2 aromatic carbocycles. The molecule has 4 rings (SSSR count). The van der Waals surface area contributed by atoms with Gasteiger partial charge in [-0.2, -0.15) is 0 Å². The second kappa shape index (κ2) is 10.6. The summed E-state index contributed by atoms with van der Waals surface area (Å²) in [6, 6.07) is 15.3. The van der Waals surface area contributed by atoms with E-state index in [0.29, 0.717) is 5.92 Å². The van der Waals surface area contributed by atoms with Crippen molar-refractivity contribution in [2.75, 3.05) is 24.3 Å². The highest BCUT2D eigenvalue weighted by molar-refractivity contribution is 6.74. The third-order valence-electron chi connectivity index (χ3n) is 8.60. The van der Waals surface area contributed by atoms with Crippen LogP contribution in [0.15, 0.2) is 42.5 Å². The Morgan fingerprint density at radius 3 is 2.42 bits per heavy atom. The normalized spacial score (nSPS) is 22.1. The number of carbonyl (C=O) groups excluding carboxylic acids is 1.